The van der Waals surface area contributed by atoms with Crippen molar-refractivity contribution in [1.82, 2.24) is 0 Å². The molecule has 0 aromatic heterocycles. The standard InChI is InChI=1S/C14H10BrF2NO/c1-7-2-3-8(4-13(7)18)14(19)9-5-12(17)10(15)6-11(9)16/h2-6H,18H2,1H3. The Kier molecular flexibility index (Phi) is 3.66. The fraction of sp³-hybridized carbons (Fsp3) is 0.0714. The van der Waals surface area contributed by atoms with Gasteiger partial charge in [-0.25, -0.2) is 8.78 Å². The Morgan fingerprint density at radius 1 is 1.16 bits per heavy atom. The molecule has 0 amide bonds. The van der Waals surface area contributed by atoms with E-state index in [1.165, 1.54) is 12.1 Å². The minimum atomic E-state index is -0.780. The second-order valence-corrected chi connectivity index (χ2v) is 5.00. The smallest absolute Gasteiger partial charge is 0.196 e. The summed E-state index contributed by atoms with van der Waals surface area (Å²) in [6.45, 7) is 1.80. The number of hydrogen-bond acceptors (Lipinski definition) is 2. The maximum Gasteiger partial charge on any atom is 0.196 e. The third-order valence-electron chi connectivity index (χ3n) is 2.80. The molecule has 2 aromatic carbocycles. The summed E-state index contributed by atoms with van der Waals surface area (Å²) in [4.78, 5) is 12.1. The Balaban J connectivity index is 2.49. The van der Waals surface area contributed by atoms with Gasteiger partial charge in [-0.2, -0.15) is 0 Å². The maximum absolute atomic E-state index is 13.7. The highest BCUT2D eigenvalue weighted by Crippen LogP contribution is 2.23. The van der Waals surface area contributed by atoms with E-state index in [2.05, 4.69) is 15.9 Å². The number of carbonyl (C=O) groups excluding carboxylic acids is 1. The van der Waals surface area contributed by atoms with Crippen molar-refractivity contribution in [2.24, 2.45) is 0 Å². The molecule has 0 atom stereocenters. The van der Waals surface area contributed by atoms with Crippen LogP contribution in [-0.4, -0.2) is 5.78 Å². The van der Waals surface area contributed by atoms with Gasteiger partial charge in [0.1, 0.15) is 11.6 Å². The molecule has 0 aliphatic rings. The maximum atomic E-state index is 13.7. The molecular formula is C14H10BrF2NO. The lowest BCUT2D eigenvalue weighted by molar-refractivity contribution is 0.103. The molecule has 0 fully saturated rings. The lowest BCUT2D eigenvalue weighted by Crippen LogP contribution is -2.06. The summed E-state index contributed by atoms with van der Waals surface area (Å²) in [5, 5.41) is 0. The fourth-order valence-electron chi connectivity index (χ4n) is 1.63. The SMILES string of the molecule is Cc1ccc(C(=O)c2cc(F)c(Br)cc2F)cc1N. The molecule has 0 saturated heterocycles. The molecule has 0 aliphatic heterocycles. The van der Waals surface area contributed by atoms with E-state index < -0.39 is 17.4 Å². The summed E-state index contributed by atoms with van der Waals surface area (Å²) in [6.07, 6.45) is 0. The monoisotopic (exact) mass is 325 g/mol. The van der Waals surface area contributed by atoms with Crippen LogP contribution in [0, 0.1) is 18.6 Å². The number of nitrogen functional groups attached to an aromatic ring is 1. The third kappa shape index (κ3) is 2.66. The molecule has 2 aromatic rings. The molecule has 0 radical (unpaired) electrons. The van der Waals surface area contributed by atoms with Crippen LogP contribution in [0.3, 0.4) is 0 Å². The number of aryl methyl sites for hydroxylation is 1. The summed E-state index contributed by atoms with van der Waals surface area (Å²) in [5.74, 6) is -2.07. The zero-order chi connectivity index (χ0) is 14.2. The first-order chi connectivity index (χ1) is 8.90. The first kappa shape index (κ1) is 13.7. The van der Waals surface area contributed by atoms with Crippen molar-refractivity contribution in [3.8, 4) is 0 Å². The van der Waals surface area contributed by atoms with Gasteiger partial charge in [-0.3, -0.25) is 4.79 Å². The molecule has 0 unspecified atom stereocenters. The van der Waals surface area contributed by atoms with E-state index in [0.29, 0.717) is 5.69 Å². The van der Waals surface area contributed by atoms with Crippen LogP contribution in [-0.2, 0) is 0 Å². The number of halogens is 3. The van der Waals surface area contributed by atoms with E-state index >= 15 is 0 Å². The molecule has 0 bridgehead atoms. The lowest BCUT2D eigenvalue weighted by atomic mass is 10.0. The van der Waals surface area contributed by atoms with E-state index in [0.717, 1.165) is 17.7 Å². The van der Waals surface area contributed by atoms with Gasteiger partial charge in [0, 0.05) is 11.3 Å². The van der Waals surface area contributed by atoms with Gasteiger partial charge in [0.15, 0.2) is 5.78 Å². The molecule has 0 heterocycles. The minimum Gasteiger partial charge on any atom is -0.398 e. The molecule has 2 rings (SSSR count). The van der Waals surface area contributed by atoms with Crippen LogP contribution in [0.4, 0.5) is 14.5 Å². The molecule has 2 nitrogen and oxygen atoms in total. The van der Waals surface area contributed by atoms with Gasteiger partial charge in [-0.15, -0.1) is 0 Å². The highest BCUT2D eigenvalue weighted by atomic mass is 79.9. The van der Waals surface area contributed by atoms with E-state index in [1.807, 2.05) is 0 Å². The van der Waals surface area contributed by atoms with Crippen LogP contribution >= 0.6 is 15.9 Å². The van der Waals surface area contributed by atoms with Crippen molar-refractivity contribution < 1.29 is 13.6 Å². The largest absolute Gasteiger partial charge is 0.398 e. The predicted molar refractivity (Wildman–Crippen MR) is 73.1 cm³/mol. The van der Waals surface area contributed by atoms with Crippen LogP contribution < -0.4 is 5.73 Å². The Bertz CT molecular complexity index is 671. The number of carbonyl (C=O) groups is 1. The van der Waals surface area contributed by atoms with Crippen LogP contribution in [0.1, 0.15) is 21.5 Å². The highest BCUT2D eigenvalue weighted by molar-refractivity contribution is 9.10. The lowest BCUT2D eigenvalue weighted by Gasteiger charge is -2.06. The quantitative estimate of drug-likeness (QED) is 0.517. The van der Waals surface area contributed by atoms with Gasteiger partial charge in [0.2, 0.25) is 0 Å². The van der Waals surface area contributed by atoms with Crippen LogP contribution in [0.2, 0.25) is 0 Å². The average Bonchev–Trinajstić information content (AvgIpc) is 2.36. The van der Waals surface area contributed by atoms with E-state index in [9.17, 15) is 13.6 Å². The molecule has 98 valence electrons. The van der Waals surface area contributed by atoms with Crippen molar-refractivity contribution in [1.29, 1.82) is 0 Å². The molecule has 2 N–H and O–H groups in total. The fourth-order valence-corrected chi connectivity index (χ4v) is 1.95. The Morgan fingerprint density at radius 3 is 2.47 bits per heavy atom. The number of rotatable bonds is 2. The van der Waals surface area contributed by atoms with Crippen molar-refractivity contribution in [3.63, 3.8) is 0 Å². The second kappa shape index (κ2) is 5.09. The number of anilines is 1. The number of nitrogens with two attached hydrogens (primary N) is 1. The van der Waals surface area contributed by atoms with E-state index in [1.54, 1.807) is 13.0 Å². The predicted octanol–water partition coefficient (Wildman–Crippen LogP) is 3.85. The van der Waals surface area contributed by atoms with Crippen molar-refractivity contribution in [2.75, 3.05) is 5.73 Å². The Labute approximate surface area is 117 Å². The Morgan fingerprint density at radius 2 is 1.84 bits per heavy atom. The molecule has 5 heteroatoms. The van der Waals surface area contributed by atoms with Gasteiger partial charge >= 0.3 is 0 Å². The third-order valence-corrected chi connectivity index (χ3v) is 3.40. The zero-order valence-electron chi connectivity index (χ0n) is 10.0. The van der Waals surface area contributed by atoms with E-state index in [4.69, 9.17) is 5.73 Å². The summed E-state index contributed by atoms with van der Waals surface area (Å²) < 4.78 is 27.1. The molecule has 0 saturated carbocycles. The molecule has 0 spiro atoms. The molecule has 0 aliphatic carbocycles. The van der Waals surface area contributed by atoms with Gasteiger partial charge in [0.05, 0.1) is 10.0 Å². The topological polar surface area (TPSA) is 43.1 Å². The van der Waals surface area contributed by atoms with Gasteiger partial charge in [-0.1, -0.05) is 12.1 Å². The summed E-state index contributed by atoms with van der Waals surface area (Å²) in [7, 11) is 0. The first-order valence-electron chi connectivity index (χ1n) is 5.45. The van der Waals surface area contributed by atoms with Crippen LogP contribution in [0.25, 0.3) is 0 Å². The minimum absolute atomic E-state index is 0.0232. The van der Waals surface area contributed by atoms with Gasteiger partial charge < -0.3 is 5.73 Å². The van der Waals surface area contributed by atoms with Crippen molar-refractivity contribution in [2.45, 2.75) is 6.92 Å². The normalized spacial score (nSPS) is 10.5. The van der Waals surface area contributed by atoms with Crippen molar-refractivity contribution >= 4 is 27.4 Å². The summed E-state index contributed by atoms with van der Waals surface area (Å²) >= 11 is 2.86. The highest BCUT2D eigenvalue weighted by Gasteiger charge is 2.17. The van der Waals surface area contributed by atoms with Gasteiger partial charge in [-0.05, 0) is 46.6 Å². The van der Waals surface area contributed by atoms with E-state index in [-0.39, 0.29) is 15.6 Å². The first-order valence-corrected chi connectivity index (χ1v) is 6.25. The number of benzene rings is 2. The van der Waals surface area contributed by atoms with Crippen molar-refractivity contribution in [3.05, 3.63) is 63.1 Å². The van der Waals surface area contributed by atoms with Crippen LogP contribution in [0.5, 0.6) is 0 Å². The average molecular weight is 326 g/mol. The number of ketones is 1. The Hall–Kier alpha value is -1.75. The van der Waals surface area contributed by atoms with Gasteiger partial charge in [0.25, 0.3) is 0 Å². The molecular weight excluding hydrogens is 316 g/mol. The summed E-state index contributed by atoms with van der Waals surface area (Å²) in [5.41, 5.74) is 6.86. The summed E-state index contributed by atoms with van der Waals surface area (Å²) in [6, 6.07) is 6.46. The second-order valence-electron chi connectivity index (χ2n) is 4.15. The molecule has 19 heavy (non-hydrogen) atoms. The van der Waals surface area contributed by atoms with Crippen LogP contribution in [0.15, 0.2) is 34.8 Å². The zero-order valence-corrected chi connectivity index (χ0v) is 11.6. The number of hydrogen-bond donors (Lipinski definition) is 1.